The number of aromatic hydroxyl groups is 1. The van der Waals surface area contributed by atoms with E-state index in [1.165, 1.54) is 18.2 Å². The van der Waals surface area contributed by atoms with E-state index in [1.807, 2.05) is 0 Å². The highest BCUT2D eigenvalue weighted by atomic mass is 32.2. The van der Waals surface area contributed by atoms with Crippen LogP contribution in [0.4, 0.5) is 11.4 Å². The summed E-state index contributed by atoms with van der Waals surface area (Å²) in [5, 5.41) is 44.1. The molecule has 40 heavy (non-hydrogen) atoms. The van der Waals surface area contributed by atoms with Gasteiger partial charge >= 0.3 is 11.9 Å². The van der Waals surface area contributed by atoms with Crippen molar-refractivity contribution in [2.24, 2.45) is 0 Å². The highest BCUT2D eigenvalue weighted by Gasteiger charge is 2.23. The summed E-state index contributed by atoms with van der Waals surface area (Å²) in [4.78, 5) is 36.6. The Hall–Kier alpha value is -3.88. The quantitative estimate of drug-likeness (QED) is 0.168. The van der Waals surface area contributed by atoms with Crippen LogP contribution in [0.5, 0.6) is 5.75 Å². The van der Waals surface area contributed by atoms with E-state index < -0.39 is 40.0 Å². The number of sulfonamides is 1. The van der Waals surface area contributed by atoms with Gasteiger partial charge in [-0.15, -0.1) is 0 Å². The minimum absolute atomic E-state index is 0.00394. The van der Waals surface area contributed by atoms with Crippen LogP contribution in [-0.4, -0.2) is 84.7 Å². The molecule has 218 valence electrons. The van der Waals surface area contributed by atoms with E-state index in [1.54, 1.807) is 24.3 Å². The summed E-state index contributed by atoms with van der Waals surface area (Å²) in [5.41, 5.74) is 1.61. The average molecular weight is 579 g/mol. The fraction of sp³-hybridized carbons (Fsp3) is 0.423. The lowest BCUT2D eigenvalue weighted by molar-refractivity contribution is -0.140. The number of benzene rings is 2. The molecular formula is C26H34N4O9S. The fourth-order valence-electron chi connectivity index (χ4n) is 4.37. The normalized spacial score (nSPS) is 15.7. The molecule has 1 heterocycles. The van der Waals surface area contributed by atoms with E-state index in [4.69, 9.17) is 5.11 Å². The lowest BCUT2D eigenvalue weighted by atomic mass is 10.0. The van der Waals surface area contributed by atoms with Crippen molar-refractivity contribution in [3.8, 4) is 5.75 Å². The molecule has 2 aromatic carbocycles. The van der Waals surface area contributed by atoms with Crippen molar-refractivity contribution in [1.29, 1.82) is 0 Å². The Labute approximate surface area is 231 Å². The number of hydrogen-bond acceptors (Lipinski definition) is 9. The summed E-state index contributed by atoms with van der Waals surface area (Å²) >= 11 is 0. The Morgan fingerprint density at radius 2 is 1.70 bits per heavy atom. The van der Waals surface area contributed by atoms with Crippen molar-refractivity contribution in [3.63, 3.8) is 0 Å². The van der Waals surface area contributed by atoms with Crippen molar-refractivity contribution in [2.75, 3.05) is 35.5 Å². The number of phenolic OH excluding ortho intramolecular Hbond substituents is 1. The van der Waals surface area contributed by atoms with Gasteiger partial charge in [0, 0.05) is 43.3 Å². The number of rotatable bonds is 13. The largest absolute Gasteiger partial charge is 0.506 e. The Morgan fingerprint density at radius 3 is 2.27 bits per heavy atom. The van der Waals surface area contributed by atoms with Crippen LogP contribution in [0.3, 0.4) is 0 Å². The number of carboxylic acid groups (broad SMARTS) is 2. The summed E-state index contributed by atoms with van der Waals surface area (Å²) < 4.78 is 25.2. The van der Waals surface area contributed by atoms with Gasteiger partial charge in [-0.25, -0.2) is 13.2 Å². The van der Waals surface area contributed by atoms with Crippen LogP contribution < -0.4 is 20.3 Å². The summed E-state index contributed by atoms with van der Waals surface area (Å²) in [6.45, 7) is 1.68. The Morgan fingerprint density at radius 1 is 1.05 bits per heavy atom. The zero-order chi connectivity index (χ0) is 29.4. The first-order valence-electron chi connectivity index (χ1n) is 12.6. The van der Waals surface area contributed by atoms with Crippen LogP contribution in [0.15, 0.2) is 42.5 Å². The molecule has 0 saturated carbocycles. The van der Waals surface area contributed by atoms with Crippen molar-refractivity contribution in [1.82, 2.24) is 10.6 Å². The Kier molecular flexibility index (Phi) is 10.3. The number of aliphatic carboxylic acids is 2. The number of carboxylic acids is 2. The third-order valence-electron chi connectivity index (χ3n) is 6.54. The predicted molar refractivity (Wildman–Crippen MR) is 147 cm³/mol. The van der Waals surface area contributed by atoms with Gasteiger partial charge in [0.15, 0.2) is 0 Å². The van der Waals surface area contributed by atoms with Crippen molar-refractivity contribution < 1.29 is 43.2 Å². The Balaban J connectivity index is 1.48. The van der Waals surface area contributed by atoms with E-state index in [9.17, 15) is 38.1 Å². The van der Waals surface area contributed by atoms with Gasteiger partial charge < -0.3 is 36.0 Å². The van der Waals surface area contributed by atoms with Crippen LogP contribution in [0, 0.1) is 0 Å². The number of nitrogens with one attached hydrogen (secondary N) is 3. The van der Waals surface area contributed by atoms with Gasteiger partial charge in [0.25, 0.3) is 5.91 Å². The molecule has 0 aliphatic carbocycles. The zero-order valence-electron chi connectivity index (χ0n) is 21.9. The third-order valence-corrected chi connectivity index (χ3v) is 7.13. The summed E-state index contributed by atoms with van der Waals surface area (Å²) in [5.74, 6) is -3.28. The van der Waals surface area contributed by atoms with Crippen LogP contribution in [0.1, 0.15) is 47.7 Å². The van der Waals surface area contributed by atoms with E-state index in [-0.39, 0.29) is 42.4 Å². The van der Waals surface area contributed by atoms with Gasteiger partial charge in [0.1, 0.15) is 11.8 Å². The number of anilines is 2. The number of piperidine rings is 1. The molecule has 0 spiro atoms. The minimum atomic E-state index is -3.59. The third kappa shape index (κ3) is 9.10. The maximum Gasteiger partial charge on any atom is 0.326 e. The second-order valence-corrected chi connectivity index (χ2v) is 11.4. The number of aliphatic hydroxyl groups excluding tert-OH is 1. The van der Waals surface area contributed by atoms with Crippen LogP contribution in [0.25, 0.3) is 0 Å². The fourth-order valence-corrected chi connectivity index (χ4v) is 4.93. The van der Waals surface area contributed by atoms with Gasteiger partial charge in [-0.1, -0.05) is 6.07 Å². The van der Waals surface area contributed by atoms with Crippen molar-refractivity contribution in [3.05, 3.63) is 53.6 Å². The molecule has 1 saturated heterocycles. The molecule has 1 fully saturated rings. The lowest BCUT2D eigenvalue weighted by Crippen LogP contribution is -2.43. The van der Waals surface area contributed by atoms with Gasteiger partial charge in [-0.3, -0.25) is 14.3 Å². The molecule has 14 heteroatoms. The van der Waals surface area contributed by atoms with Gasteiger partial charge in [0.05, 0.1) is 18.0 Å². The first-order chi connectivity index (χ1) is 18.8. The minimum Gasteiger partial charge on any atom is -0.506 e. The molecule has 2 aromatic rings. The lowest BCUT2D eigenvalue weighted by Gasteiger charge is -2.34. The van der Waals surface area contributed by atoms with Crippen LogP contribution in [0.2, 0.25) is 0 Å². The standard InChI is InChI=1S/C26H34N4O9S/c1-40(38,39)29-21-14-17(4-8-22(21)31)23(32)15-27-18-10-12-30(13-11-18)19-5-2-16(3-6-19)25(35)28-20(26(36)37)7-9-24(33)34/h2-6,8,14,18,20,23,27,29,31-32H,7,9-13,15H2,1H3,(H,28,35)(H,33,34)(H,36,37)/t20-,23+/m0/s1. The number of aliphatic hydroxyl groups is 1. The highest BCUT2D eigenvalue weighted by Crippen LogP contribution is 2.28. The molecule has 3 rings (SSSR count). The second-order valence-electron chi connectivity index (χ2n) is 9.68. The van der Waals surface area contributed by atoms with E-state index in [0.717, 1.165) is 37.9 Å². The summed E-state index contributed by atoms with van der Waals surface area (Å²) in [6.07, 6.45) is 1.04. The molecule has 1 amide bonds. The number of carbonyl (C=O) groups is 3. The molecule has 0 unspecified atom stereocenters. The zero-order valence-corrected chi connectivity index (χ0v) is 22.7. The topological polar surface area (TPSA) is 206 Å². The Bertz CT molecular complexity index is 1310. The van der Waals surface area contributed by atoms with E-state index in [0.29, 0.717) is 5.56 Å². The van der Waals surface area contributed by atoms with E-state index in [2.05, 4.69) is 20.3 Å². The second kappa shape index (κ2) is 13.5. The van der Waals surface area contributed by atoms with Crippen LogP contribution in [-0.2, 0) is 19.6 Å². The molecule has 0 bridgehead atoms. The number of nitrogens with zero attached hydrogens (tertiary/aromatic N) is 1. The van der Waals surface area contributed by atoms with Gasteiger partial charge in [-0.2, -0.15) is 0 Å². The number of phenols is 1. The SMILES string of the molecule is CS(=O)(=O)Nc1cc([C@H](O)CNC2CCN(c3ccc(C(=O)N[C@@H](CCC(=O)O)C(=O)O)cc3)CC2)ccc1O. The van der Waals surface area contributed by atoms with Crippen molar-refractivity contribution >= 4 is 39.2 Å². The molecule has 1 aliphatic heterocycles. The maximum atomic E-state index is 12.5. The molecule has 1 aliphatic rings. The van der Waals surface area contributed by atoms with Crippen LogP contribution >= 0.6 is 0 Å². The molecule has 0 radical (unpaired) electrons. The average Bonchev–Trinajstić information content (AvgIpc) is 2.90. The summed E-state index contributed by atoms with van der Waals surface area (Å²) in [7, 11) is -3.59. The number of amides is 1. The van der Waals surface area contributed by atoms with Gasteiger partial charge in [-0.05, 0) is 61.2 Å². The molecule has 0 aromatic heterocycles. The first kappa shape index (κ1) is 30.7. The predicted octanol–water partition coefficient (Wildman–Crippen LogP) is 1.10. The van der Waals surface area contributed by atoms with Gasteiger partial charge in [0.2, 0.25) is 10.0 Å². The number of hydrogen-bond donors (Lipinski definition) is 7. The molecule has 7 N–H and O–H groups in total. The van der Waals surface area contributed by atoms with E-state index >= 15 is 0 Å². The number of carbonyl (C=O) groups excluding carboxylic acids is 1. The van der Waals surface area contributed by atoms with Crippen molar-refractivity contribution in [2.45, 2.75) is 43.9 Å². The maximum absolute atomic E-state index is 12.5. The smallest absolute Gasteiger partial charge is 0.326 e. The molecule has 2 atom stereocenters. The molecular weight excluding hydrogens is 544 g/mol. The first-order valence-corrected chi connectivity index (χ1v) is 14.5. The monoisotopic (exact) mass is 578 g/mol. The molecule has 13 nitrogen and oxygen atoms in total. The summed E-state index contributed by atoms with van der Waals surface area (Å²) in [6, 6.07) is 9.81. The highest BCUT2D eigenvalue weighted by molar-refractivity contribution is 7.92.